The highest BCUT2D eigenvalue weighted by Gasteiger charge is 2.08. The second kappa shape index (κ2) is 5.40. The van der Waals surface area contributed by atoms with Crippen LogP contribution in [-0.2, 0) is 0 Å². The smallest absolute Gasteiger partial charge is 0.223 e. The van der Waals surface area contributed by atoms with Gasteiger partial charge in [-0.3, -0.25) is 0 Å². The maximum atomic E-state index is 6.07. The van der Waals surface area contributed by atoms with E-state index < -0.39 is 0 Å². The summed E-state index contributed by atoms with van der Waals surface area (Å²) in [5, 5.41) is 0.510. The summed E-state index contributed by atoms with van der Waals surface area (Å²) in [5.41, 5.74) is 17.1. The van der Waals surface area contributed by atoms with Crippen molar-refractivity contribution in [2.75, 3.05) is 0 Å². The molecule has 0 bridgehead atoms. The third-order valence-electron chi connectivity index (χ3n) is 2.14. The van der Waals surface area contributed by atoms with E-state index in [9.17, 15) is 0 Å². The molecule has 1 aromatic carbocycles. The van der Waals surface area contributed by atoms with Crippen LogP contribution in [-0.4, -0.2) is 16.9 Å². The van der Waals surface area contributed by atoms with Gasteiger partial charge in [-0.15, -0.1) is 0 Å². The molecule has 1 heterocycles. The average Bonchev–Trinajstić information content (AvgIpc) is 2.84. The fraction of sp³-hybridized carbons (Fsp3) is 0. The molecule has 7 nitrogen and oxygen atoms in total. The van der Waals surface area contributed by atoms with Crippen molar-refractivity contribution in [3.63, 3.8) is 0 Å². The molecule has 0 atom stereocenters. The third-order valence-corrected chi connectivity index (χ3v) is 2.46. The first kappa shape index (κ1) is 12.9. The van der Waals surface area contributed by atoms with Crippen LogP contribution in [0.3, 0.4) is 0 Å². The van der Waals surface area contributed by atoms with Gasteiger partial charge in [0.05, 0.1) is 16.9 Å². The Bertz CT molecular complexity index is 631. The van der Waals surface area contributed by atoms with Gasteiger partial charge in [-0.25, -0.2) is 9.98 Å². The SMILES string of the molecule is NC(N)=NC(N)=Nc1ccc(Cl)c(-c2cnco2)c1. The van der Waals surface area contributed by atoms with E-state index in [0.29, 0.717) is 22.0 Å². The average molecular weight is 279 g/mol. The van der Waals surface area contributed by atoms with Gasteiger partial charge in [0.25, 0.3) is 0 Å². The van der Waals surface area contributed by atoms with Crippen molar-refractivity contribution in [2.45, 2.75) is 0 Å². The number of nitrogens with two attached hydrogens (primary N) is 3. The lowest BCUT2D eigenvalue weighted by Gasteiger charge is -2.02. The fourth-order valence-corrected chi connectivity index (χ4v) is 1.62. The van der Waals surface area contributed by atoms with Crippen LogP contribution in [0.4, 0.5) is 5.69 Å². The molecule has 1 aromatic heterocycles. The van der Waals surface area contributed by atoms with Crippen LogP contribution in [0.25, 0.3) is 11.3 Å². The first-order valence-corrected chi connectivity index (χ1v) is 5.56. The van der Waals surface area contributed by atoms with Crippen molar-refractivity contribution < 1.29 is 4.42 Å². The normalized spacial score (nSPS) is 11.3. The molecule has 0 radical (unpaired) electrons. The number of oxazole rings is 1. The maximum absolute atomic E-state index is 6.07. The van der Waals surface area contributed by atoms with E-state index in [2.05, 4.69) is 15.0 Å². The van der Waals surface area contributed by atoms with Crippen LogP contribution in [0.1, 0.15) is 0 Å². The molecule has 0 saturated heterocycles. The van der Waals surface area contributed by atoms with E-state index in [4.69, 9.17) is 33.2 Å². The Kier molecular flexibility index (Phi) is 3.67. The summed E-state index contributed by atoms with van der Waals surface area (Å²) >= 11 is 6.07. The molecule has 2 aromatic rings. The Morgan fingerprint density at radius 1 is 1.26 bits per heavy atom. The molecule has 8 heteroatoms. The van der Waals surface area contributed by atoms with Crippen molar-refractivity contribution in [1.82, 2.24) is 4.98 Å². The number of halogens is 1. The molecule has 2 rings (SSSR count). The predicted octanol–water partition coefficient (Wildman–Crippen LogP) is 1.21. The molecule has 0 unspecified atom stereocenters. The quantitative estimate of drug-likeness (QED) is 0.562. The lowest BCUT2D eigenvalue weighted by Crippen LogP contribution is -2.26. The minimum Gasteiger partial charge on any atom is -0.443 e. The highest BCUT2D eigenvalue weighted by Crippen LogP contribution is 2.31. The molecule has 0 spiro atoms. The molecule has 0 amide bonds. The first-order valence-electron chi connectivity index (χ1n) is 5.18. The van der Waals surface area contributed by atoms with Gasteiger partial charge in [0, 0.05) is 5.56 Å². The summed E-state index contributed by atoms with van der Waals surface area (Å²) in [4.78, 5) is 11.5. The summed E-state index contributed by atoms with van der Waals surface area (Å²) in [6, 6.07) is 5.04. The van der Waals surface area contributed by atoms with Crippen LogP contribution < -0.4 is 17.2 Å². The molecule has 98 valence electrons. The van der Waals surface area contributed by atoms with Gasteiger partial charge < -0.3 is 21.6 Å². The number of hydrogen-bond acceptors (Lipinski definition) is 3. The van der Waals surface area contributed by atoms with Gasteiger partial charge >= 0.3 is 0 Å². The summed E-state index contributed by atoms with van der Waals surface area (Å²) in [5.74, 6) is 0.318. The van der Waals surface area contributed by atoms with E-state index >= 15 is 0 Å². The largest absolute Gasteiger partial charge is 0.443 e. The maximum Gasteiger partial charge on any atom is 0.223 e. The Hall–Kier alpha value is -2.54. The van der Waals surface area contributed by atoms with Crippen LogP contribution in [0, 0.1) is 0 Å². The Morgan fingerprint density at radius 2 is 2.05 bits per heavy atom. The zero-order chi connectivity index (χ0) is 13.8. The summed E-state index contributed by atoms with van der Waals surface area (Å²) < 4.78 is 5.18. The molecule has 0 aliphatic rings. The summed E-state index contributed by atoms with van der Waals surface area (Å²) in [7, 11) is 0. The van der Waals surface area contributed by atoms with Crippen LogP contribution >= 0.6 is 11.6 Å². The number of guanidine groups is 2. The van der Waals surface area contributed by atoms with Crippen LogP contribution in [0.2, 0.25) is 5.02 Å². The van der Waals surface area contributed by atoms with Crippen molar-refractivity contribution in [3.8, 4) is 11.3 Å². The van der Waals surface area contributed by atoms with Gasteiger partial charge in [0.1, 0.15) is 0 Å². The predicted molar refractivity (Wildman–Crippen MR) is 74.0 cm³/mol. The third kappa shape index (κ3) is 3.23. The second-order valence-electron chi connectivity index (χ2n) is 3.54. The number of nitrogens with zero attached hydrogens (tertiary/aromatic N) is 3. The lowest BCUT2D eigenvalue weighted by atomic mass is 10.1. The van der Waals surface area contributed by atoms with E-state index in [1.807, 2.05) is 0 Å². The standard InChI is InChI=1S/C11H11ClN6O/c12-8-2-1-6(17-11(15)18-10(13)14)3-7(8)9-4-16-5-19-9/h1-5H,(H6,13,14,15,17,18). The summed E-state index contributed by atoms with van der Waals surface area (Å²) in [6.07, 6.45) is 2.86. The van der Waals surface area contributed by atoms with Crippen molar-refractivity contribution in [2.24, 2.45) is 27.2 Å². The lowest BCUT2D eigenvalue weighted by molar-refractivity contribution is 0.572. The number of benzene rings is 1. The van der Waals surface area contributed by atoms with E-state index in [1.165, 1.54) is 6.39 Å². The van der Waals surface area contributed by atoms with Crippen LogP contribution in [0.15, 0.2) is 45.2 Å². The zero-order valence-corrected chi connectivity index (χ0v) is 10.5. The van der Waals surface area contributed by atoms with E-state index in [1.54, 1.807) is 24.4 Å². The minimum atomic E-state index is -0.161. The Labute approximate surface area is 113 Å². The molecule has 0 saturated carbocycles. The van der Waals surface area contributed by atoms with Crippen molar-refractivity contribution in [1.29, 1.82) is 0 Å². The number of hydrogen-bond donors (Lipinski definition) is 3. The highest BCUT2D eigenvalue weighted by molar-refractivity contribution is 6.33. The van der Waals surface area contributed by atoms with Gasteiger partial charge in [0.15, 0.2) is 18.1 Å². The topological polar surface area (TPSA) is 129 Å². The molecule has 0 aliphatic heterocycles. The van der Waals surface area contributed by atoms with Crippen LogP contribution in [0.5, 0.6) is 0 Å². The van der Waals surface area contributed by atoms with Crippen molar-refractivity contribution >= 4 is 29.2 Å². The Balaban J connectivity index is 2.40. The number of aliphatic imine (C=N–C) groups is 2. The van der Waals surface area contributed by atoms with E-state index in [0.717, 1.165) is 0 Å². The van der Waals surface area contributed by atoms with Gasteiger partial charge in [-0.1, -0.05) is 11.6 Å². The minimum absolute atomic E-state index is 0.0501. The van der Waals surface area contributed by atoms with Crippen molar-refractivity contribution in [3.05, 3.63) is 35.8 Å². The molecule has 19 heavy (non-hydrogen) atoms. The van der Waals surface area contributed by atoms with Gasteiger partial charge in [0.2, 0.25) is 5.96 Å². The molecular formula is C11H11ClN6O. The fourth-order valence-electron chi connectivity index (χ4n) is 1.41. The molecular weight excluding hydrogens is 268 g/mol. The summed E-state index contributed by atoms with van der Waals surface area (Å²) in [6.45, 7) is 0. The number of aromatic nitrogens is 1. The monoisotopic (exact) mass is 278 g/mol. The van der Waals surface area contributed by atoms with Gasteiger partial charge in [-0.2, -0.15) is 4.99 Å². The molecule has 0 fully saturated rings. The Morgan fingerprint density at radius 3 is 2.68 bits per heavy atom. The van der Waals surface area contributed by atoms with Gasteiger partial charge in [-0.05, 0) is 18.2 Å². The van der Waals surface area contributed by atoms with E-state index in [-0.39, 0.29) is 11.9 Å². The number of rotatable bonds is 2. The zero-order valence-electron chi connectivity index (χ0n) is 9.75. The molecule has 6 N–H and O–H groups in total. The second-order valence-corrected chi connectivity index (χ2v) is 3.94. The molecule has 0 aliphatic carbocycles. The first-order chi connectivity index (χ1) is 9.06. The highest BCUT2D eigenvalue weighted by atomic mass is 35.5.